The molecule has 0 fully saturated rings. The van der Waals surface area contributed by atoms with Gasteiger partial charge in [-0.1, -0.05) is 249 Å². The van der Waals surface area contributed by atoms with Gasteiger partial charge in [-0.15, -0.1) is 0 Å². The number of carbonyl (C=O) groups is 3. The van der Waals surface area contributed by atoms with E-state index in [1.54, 1.807) is 0 Å². The van der Waals surface area contributed by atoms with E-state index in [1.165, 1.54) is 19.3 Å². The fourth-order valence-corrected chi connectivity index (χ4v) is 10.2. The third-order valence-corrected chi connectivity index (χ3v) is 15.8. The van der Waals surface area contributed by atoms with Gasteiger partial charge in [-0.05, 0) is 141 Å². The number of rotatable bonds is 65. The number of phosphoric ester groups is 2. The van der Waals surface area contributed by atoms with E-state index in [2.05, 4.69) is 173 Å². The number of allylic oxidation sites excluding steroid dienone is 28. The molecular formula is C77H124O16P2. The van der Waals surface area contributed by atoms with Crippen molar-refractivity contribution in [1.29, 1.82) is 0 Å². The Morgan fingerprint density at radius 1 is 0.305 bits per heavy atom. The van der Waals surface area contributed by atoms with Crippen molar-refractivity contribution >= 4 is 33.6 Å². The summed E-state index contributed by atoms with van der Waals surface area (Å²) in [6.07, 6.45) is 85.5. The molecule has 5 unspecified atom stereocenters. The molecule has 18 heteroatoms. The molecule has 0 radical (unpaired) electrons. The fourth-order valence-electron chi connectivity index (χ4n) is 8.57. The first-order chi connectivity index (χ1) is 46.2. The van der Waals surface area contributed by atoms with Crippen LogP contribution >= 0.6 is 15.6 Å². The summed E-state index contributed by atoms with van der Waals surface area (Å²) < 4.78 is 60.9. The molecule has 0 aliphatic heterocycles. The molecule has 0 aliphatic carbocycles. The maximum atomic E-state index is 13.0. The van der Waals surface area contributed by atoms with Gasteiger partial charge in [0.15, 0.2) is 6.10 Å². The van der Waals surface area contributed by atoms with Crippen LogP contribution in [0.2, 0.25) is 0 Å². The molecule has 0 saturated heterocycles. The molecule has 0 rings (SSSR count). The lowest BCUT2D eigenvalue weighted by atomic mass is 10.1. The standard InChI is InChI=1S/C77H124O16P2/c1-4-7-10-13-16-19-22-25-28-31-34-35-38-40-42-45-48-51-54-57-60-63-75(80)87-66-72(78)67-89-94(83,84)90-68-73(79)69-91-95(85,86)92-71-74(93-77(82)65-62-59-56-53-50-47-44-41-37-33-30-27-24-21-18-15-12-9-6-3)70-88-76(81)64-61-58-55-52-49-46-43-39-36-32-29-26-23-20-17-14-11-8-5-2/h7-8,10-11,16-21,25-30,34-37,39-42,46,49,55,58,72-74,78-79H,4-6,9,12-15,22-24,31-33,38,43-45,47-48,50-54,56-57,59-71H2,1-3H3,(H,83,84)(H,85,86)/b10-7-,11-8-,19-16-,20-17-,21-18-,28-25-,29-26-,30-27-,35-34-,39-36-,41-37-,42-40-,49-46-,58-55-. The van der Waals surface area contributed by atoms with E-state index in [-0.39, 0.29) is 19.3 Å². The second-order valence-electron chi connectivity index (χ2n) is 22.9. The average Bonchev–Trinajstić information content (AvgIpc) is 1.75. The van der Waals surface area contributed by atoms with E-state index in [9.17, 15) is 43.5 Å². The van der Waals surface area contributed by atoms with E-state index >= 15 is 0 Å². The van der Waals surface area contributed by atoms with Crippen LogP contribution in [0.4, 0.5) is 0 Å². The summed E-state index contributed by atoms with van der Waals surface area (Å²) >= 11 is 0. The number of unbranched alkanes of at least 4 members (excludes halogenated alkanes) is 14. The Morgan fingerprint density at radius 2 is 0.579 bits per heavy atom. The number of phosphoric acid groups is 2. The number of aliphatic hydroxyl groups excluding tert-OH is 2. The molecule has 95 heavy (non-hydrogen) atoms. The normalized spacial score (nSPS) is 15.1. The topological polar surface area (TPSA) is 231 Å². The second-order valence-corrected chi connectivity index (χ2v) is 25.8. The summed E-state index contributed by atoms with van der Waals surface area (Å²) in [5, 5.41) is 20.6. The van der Waals surface area contributed by atoms with E-state index < -0.39 is 91.5 Å². The lowest BCUT2D eigenvalue weighted by Crippen LogP contribution is -2.30. The van der Waals surface area contributed by atoms with Gasteiger partial charge >= 0.3 is 33.6 Å². The minimum Gasteiger partial charge on any atom is -0.463 e. The molecule has 5 atom stereocenters. The Balaban J connectivity index is 4.82. The van der Waals surface area contributed by atoms with Crippen molar-refractivity contribution in [3.63, 3.8) is 0 Å². The molecule has 4 N–H and O–H groups in total. The van der Waals surface area contributed by atoms with Gasteiger partial charge < -0.3 is 34.2 Å². The molecule has 0 aromatic rings. The van der Waals surface area contributed by atoms with Gasteiger partial charge in [0.05, 0.1) is 26.4 Å². The van der Waals surface area contributed by atoms with Crippen molar-refractivity contribution in [1.82, 2.24) is 0 Å². The quantitative estimate of drug-likeness (QED) is 0.0146. The Kier molecular flexibility index (Phi) is 65.1. The minimum absolute atomic E-state index is 0.0351. The van der Waals surface area contributed by atoms with Crippen LogP contribution in [0.5, 0.6) is 0 Å². The highest BCUT2D eigenvalue weighted by atomic mass is 31.2. The van der Waals surface area contributed by atoms with Gasteiger partial charge in [-0.2, -0.15) is 0 Å². The number of aliphatic hydroxyl groups is 2. The van der Waals surface area contributed by atoms with Crippen LogP contribution < -0.4 is 0 Å². The lowest BCUT2D eigenvalue weighted by Gasteiger charge is -2.21. The number of ether oxygens (including phenoxy) is 3. The van der Waals surface area contributed by atoms with Crippen LogP contribution in [-0.4, -0.2) is 95.9 Å². The van der Waals surface area contributed by atoms with Crippen LogP contribution in [0.15, 0.2) is 170 Å². The number of carbonyl (C=O) groups excluding carboxylic acids is 3. The number of esters is 3. The third-order valence-electron chi connectivity index (χ3n) is 13.9. The third kappa shape index (κ3) is 70.1. The molecule has 0 bridgehead atoms. The van der Waals surface area contributed by atoms with Crippen molar-refractivity contribution in [3.8, 4) is 0 Å². The van der Waals surface area contributed by atoms with Crippen LogP contribution in [-0.2, 0) is 55.8 Å². The summed E-state index contributed by atoms with van der Waals surface area (Å²) in [5.41, 5.74) is 0. The zero-order valence-electron chi connectivity index (χ0n) is 58.3. The number of hydrogen-bond acceptors (Lipinski definition) is 14. The molecule has 0 amide bonds. The predicted octanol–water partition coefficient (Wildman–Crippen LogP) is 20.1. The van der Waals surface area contributed by atoms with Gasteiger partial charge in [0.25, 0.3) is 0 Å². The van der Waals surface area contributed by atoms with Crippen molar-refractivity contribution in [2.45, 2.75) is 257 Å². The van der Waals surface area contributed by atoms with Crippen LogP contribution in [0, 0.1) is 0 Å². The molecule has 0 aromatic heterocycles. The van der Waals surface area contributed by atoms with Gasteiger partial charge in [0.1, 0.15) is 25.4 Å². The molecule has 0 aliphatic rings. The minimum atomic E-state index is -4.96. The largest absolute Gasteiger partial charge is 0.472 e. The SMILES string of the molecule is CC/C=C\C/C=C\C/C=C\C/C=C\C/C=C\C/C=C\CCC(=O)OCC(COP(=O)(O)OCC(O)COP(=O)(O)OCC(O)COC(=O)CCCCCCC/C=C\C/C=C\C/C=C\C/C=C\C/C=C\CC)OC(=O)CCCCCCCC/C=C\C/C=C\C/C=C\CCCCC. The molecule has 0 heterocycles. The second kappa shape index (κ2) is 68.8. The maximum absolute atomic E-state index is 13.0. The highest BCUT2D eigenvalue weighted by molar-refractivity contribution is 7.47. The summed E-state index contributed by atoms with van der Waals surface area (Å²) in [4.78, 5) is 58.5. The van der Waals surface area contributed by atoms with E-state index in [0.29, 0.717) is 25.7 Å². The maximum Gasteiger partial charge on any atom is 0.472 e. The molecule has 0 spiro atoms. The van der Waals surface area contributed by atoms with Crippen molar-refractivity contribution in [2.24, 2.45) is 0 Å². The average molecular weight is 1370 g/mol. The summed E-state index contributed by atoms with van der Waals surface area (Å²) in [7, 11) is -9.83. The number of hydrogen-bond donors (Lipinski definition) is 4. The van der Waals surface area contributed by atoms with Crippen molar-refractivity contribution in [3.05, 3.63) is 170 Å². The molecule has 0 aromatic carbocycles. The fraction of sp³-hybridized carbons (Fsp3) is 0.597. The van der Waals surface area contributed by atoms with Crippen molar-refractivity contribution < 1.29 is 75.8 Å². The first kappa shape index (κ1) is 89.9. The highest BCUT2D eigenvalue weighted by Crippen LogP contribution is 2.45. The van der Waals surface area contributed by atoms with Gasteiger partial charge in [-0.25, -0.2) is 9.13 Å². The molecular weight excluding hydrogens is 1240 g/mol. The summed E-state index contributed by atoms with van der Waals surface area (Å²) in [6.45, 7) is 2.26. The van der Waals surface area contributed by atoms with Crippen LogP contribution in [0.3, 0.4) is 0 Å². The zero-order chi connectivity index (χ0) is 69.5. The first-order valence-electron chi connectivity index (χ1n) is 35.4. The van der Waals surface area contributed by atoms with Crippen LogP contribution in [0.1, 0.15) is 239 Å². The summed E-state index contributed by atoms with van der Waals surface area (Å²) in [6, 6.07) is 0. The molecule has 16 nitrogen and oxygen atoms in total. The van der Waals surface area contributed by atoms with Gasteiger partial charge in [0.2, 0.25) is 0 Å². The zero-order valence-corrected chi connectivity index (χ0v) is 60.1. The van der Waals surface area contributed by atoms with E-state index in [4.69, 9.17) is 32.3 Å². The Bertz CT molecular complexity index is 2410. The Hall–Kier alpha value is -5.09. The Morgan fingerprint density at radius 3 is 0.947 bits per heavy atom. The smallest absolute Gasteiger partial charge is 0.463 e. The molecule has 538 valence electrons. The monoisotopic (exact) mass is 1370 g/mol. The highest BCUT2D eigenvalue weighted by Gasteiger charge is 2.29. The summed E-state index contributed by atoms with van der Waals surface area (Å²) in [5.74, 6) is -1.72. The first-order valence-corrected chi connectivity index (χ1v) is 38.4. The van der Waals surface area contributed by atoms with Crippen molar-refractivity contribution in [2.75, 3.05) is 39.6 Å². The Labute approximate surface area is 573 Å². The lowest BCUT2D eigenvalue weighted by molar-refractivity contribution is -0.161. The van der Waals surface area contributed by atoms with Crippen LogP contribution in [0.25, 0.3) is 0 Å². The van der Waals surface area contributed by atoms with Gasteiger partial charge in [-0.3, -0.25) is 32.5 Å². The van der Waals surface area contributed by atoms with E-state index in [0.717, 1.165) is 154 Å². The van der Waals surface area contributed by atoms with E-state index in [1.807, 2.05) is 18.2 Å². The van der Waals surface area contributed by atoms with Gasteiger partial charge in [0, 0.05) is 19.3 Å². The molecule has 0 saturated carbocycles. The predicted molar refractivity (Wildman–Crippen MR) is 389 cm³/mol.